The maximum absolute atomic E-state index is 12.5. The van der Waals surface area contributed by atoms with Crippen LogP contribution in [0.4, 0.5) is 5.69 Å². The summed E-state index contributed by atoms with van der Waals surface area (Å²) in [5, 5.41) is 6.72. The van der Waals surface area contributed by atoms with Crippen LogP contribution >= 0.6 is 0 Å². The van der Waals surface area contributed by atoms with Crippen molar-refractivity contribution in [2.45, 2.75) is 26.8 Å². The fraction of sp³-hybridized carbons (Fsp3) is 0.333. The molecule has 0 radical (unpaired) electrons. The van der Waals surface area contributed by atoms with Gasteiger partial charge >= 0.3 is 0 Å². The van der Waals surface area contributed by atoms with Gasteiger partial charge in [-0.2, -0.15) is 5.10 Å². The van der Waals surface area contributed by atoms with Crippen LogP contribution in [-0.2, 0) is 6.54 Å². The zero-order valence-corrected chi connectivity index (χ0v) is 11.9. The highest BCUT2D eigenvalue weighted by atomic mass is 16.2. The first-order chi connectivity index (χ1) is 9.61. The van der Waals surface area contributed by atoms with Crippen LogP contribution in [0.3, 0.4) is 0 Å². The van der Waals surface area contributed by atoms with Gasteiger partial charge in [-0.1, -0.05) is 19.1 Å². The average Bonchev–Trinajstić information content (AvgIpc) is 2.86. The minimum absolute atomic E-state index is 0.00919. The molecule has 0 aliphatic heterocycles. The van der Waals surface area contributed by atoms with Crippen LogP contribution in [0.25, 0.3) is 0 Å². The van der Waals surface area contributed by atoms with Crippen molar-refractivity contribution >= 4 is 11.6 Å². The van der Waals surface area contributed by atoms with Crippen LogP contribution in [-0.4, -0.2) is 27.5 Å². The van der Waals surface area contributed by atoms with Gasteiger partial charge in [0.05, 0.1) is 11.8 Å². The van der Waals surface area contributed by atoms with E-state index >= 15 is 0 Å². The fourth-order valence-electron chi connectivity index (χ4n) is 2.10. The first kappa shape index (κ1) is 14.1. The number of hydrogen-bond donors (Lipinski definition) is 2. The summed E-state index contributed by atoms with van der Waals surface area (Å²) in [6.07, 6.45) is 2.50. The third-order valence-corrected chi connectivity index (χ3v) is 3.19. The molecule has 0 aliphatic rings. The van der Waals surface area contributed by atoms with E-state index in [1.165, 1.54) is 0 Å². The summed E-state index contributed by atoms with van der Waals surface area (Å²) in [6, 6.07) is 7.61. The molecule has 1 aromatic carbocycles. The molecule has 1 heterocycles. The van der Waals surface area contributed by atoms with Crippen molar-refractivity contribution in [3.63, 3.8) is 0 Å². The number of nitrogens with one attached hydrogen (secondary N) is 1. The second-order valence-electron chi connectivity index (χ2n) is 4.88. The Balaban J connectivity index is 2.16. The number of nitrogens with two attached hydrogens (primary N) is 1. The number of rotatable bonds is 5. The lowest BCUT2D eigenvalue weighted by molar-refractivity contribution is 0.0742. The smallest absolute Gasteiger partial charge is 0.257 e. The maximum atomic E-state index is 12.5. The van der Waals surface area contributed by atoms with E-state index in [0.717, 1.165) is 23.4 Å². The van der Waals surface area contributed by atoms with E-state index in [0.29, 0.717) is 18.7 Å². The first-order valence-electron chi connectivity index (χ1n) is 6.75. The number of benzene rings is 1. The van der Waals surface area contributed by atoms with Crippen LogP contribution in [0, 0.1) is 6.92 Å². The normalized spacial score (nSPS) is 10.5. The van der Waals surface area contributed by atoms with E-state index in [1.807, 2.05) is 36.1 Å². The van der Waals surface area contributed by atoms with Crippen LogP contribution in [0.1, 0.15) is 35.0 Å². The molecule has 0 aliphatic carbocycles. The number of aromatic amines is 1. The number of anilines is 1. The molecule has 0 bridgehead atoms. The molecule has 20 heavy (non-hydrogen) atoms. The predicted molar refractivity (Wildman–Crippen MR) is 79.2 cm³/mol. The van der Waals surface area contributed by atoms with E-state index in [1.54, 1.807) is 6.20 Å². The number of aryl methyl sites for hydroxylation is 1. The van der Waals surface area contributed by atoms with Crippen molar-refractivity contribution in [1.29, 1.82) is 0 Å². The Kier molecular flexibility index (Phi) is 4.40. The van der Waals surface area contributed by atoms with E-state index in [2.05, 4.69) is 17.1 Å². The van der Waals surface area contributed by atoms with E-state index in [-0.39, 0.29) is 5.91 Å². The Hall–Kier alpha value is -2.30. The second-order valence-corrected chi connectivity index (χ2v) is 4.88. The molecule has 3 N–H and O–H groups in total. The maximum Gasteiger partial charge on any atom is 0.257 e. The van der Waals surface area contributed by atoms with Gasteiger partial charge in [-0.3, -0.25) is 9.89 Å². The molecule has 0 unspecified atom stereocenters. The molecular formula is C15H20N4O. The molecule has 0 spiro atoms. The number of H-pyrrole nitrogens is 1. The summed E-state index contributed by atoms with van der Waals surface area (Å²) in [7, 11) is 0. The highest BCUT2D eigenvalue weighted by Crippen LogP contribution is 2.13. The first-order valence-corrected chi connectivity index (χ1v) is 6.75. The number of nitrogen functional groups attached to an aromatic ring is 1. The number of aromatic nitrogens is 2. The van der Waals surface area contributed by atoms with Crippen molar-refractivity contribution in [3.8, 4) is 0 Å². The molecule has 0 saturated carbocycles. The van der Waals surface area contributed by atoms with Crippen LogP contribution in [0.15, 0.2) is 30.5 Å². The Morgan fingerprint density at radius 2 is 2.05 bits per heavy atom. The third kappa shape index (κ3) is 3.17. The summed E-state index contributed by atoms with van der Waals surface area (Å²) < 4.78 is 0. The van der Waals surface area contributed by atoms with E-state index < -0.39 is 0 Å². The summed E-state index contributed by atoms with van der Waals surface area (Å²) >= 11 is 0. The molecule has 5 heteroatoms. The van der Waals surface area contributed by atoms with Gasteiger partial charge < -0.3 is 10.6 Å². The Morgan fingerprint density at radius 1 is 1.35 bits per heavy atom. The monoisotopic (exact) mass is 272 g/mol. The van der Waals surface area contributed by atoms with Crippen LogP contribution in [0.2, 0.25) is 0 Å². The number of carbonyl (C=O) groups excluding carboxylic acids is 1. The fourth-order valence-corrected chi connectivity index (χ4v) is 2.10. The minimum Gasteiger partial charge on any atom is -0.399 e. The molecule has 1 aromatic heterocycles. The average molecular weight is 272 g/mol. The summed E-state index contributed by atoms with van der Waals surface area (Å²) in [5.74, 6) is 0.00919. The lowest BCUT2D eigenvalue weighted by atomic mass is 10.1. The molecule has 0 saturated heterocycles. The molecular weight excluding hydrogens is 252 g/mol. The zero-order chi connectivity index (χ0) is 14.5. The molecule has 2 rings (SSSR count). The van der Waals surface area contributed by atoms with Crippen molar-refractivity contribution < 1.29 is 4.79 Å². The molecule has 2 aromatic rings. The zero-order valence-electron chi connectivity index (χ0n) is 11.9. The van der Waals surface area contributed by atoms with Crippen molar-refractivity contribution in [2.24, 2.45) is 0 Å². The van der Waals surface area contributed by atoms with Crippen LogP contribution < -0.4 is 5.73 Å². The molecule has 106 valence electrons. The summed E-state index contributed by atoms with van der Waals surface area (Å²) in [6.45, 7) is 5.21. The van der Waals surface area contributed by atoms with E-state index in [4.69, 9.17) is 5.73 Å². The van der Waals surface area contributed by atoms with Gasteiger partial charge in [0.25, 0.3) is 5.91 Å². The Morgan fingerprint density at radius 3 is 2.60 bits per heavy atom. The highest BCUT2D eigenvalue weighted by Gasteiger charge is 2.18. The Labute approximate surface area is 118 Å². The molecule has 0 atom stereocenters. The lowest BCUT2D eigenvalue weighted by Crippen LogP contribution is -2.31. The number of nitrogens with zero attached hydrogens (tertiary/aromatic N) is 2. The number of amides is 1. The molecule has 1 amide bonds. The largest absolute Gasteiger partial charge is 0.399 e. The quantitative estimate of drug-likeness (QED) is 0.820. The van der Waals surface area contributed by atoms with Crippen molar-refractivity contribution in [1.82, 2.24) is 15.1 Å². The summed E-state index contributed by atoms with van der Waals surface area (Å²) in [5.41, 5.74) is 8.91. The van der Waals surface area contributed by atoms with E-state index in [9.17, 15) is 4.79 Å². The minimum atomic E-state index is 0.00919. The highest BCUT2D eigenvalue weighted by molar-refractivity contribution is 5.95. The number of hydrogen-bond acceptors (Lipinski definition) is 3. The van der Waals surface area contributed by atoms with Gasteiger partial charge in [0.15, 0.2) is 0 Å². The third-order valence-electron chi connectivity index (χ3n) is 3.19. The van der Waals surface area contributed by atoms with Gasteiger partial charge in [0.2, 0.25) is 0 Å². The molecule has 0 fully saturated rings. The van der Waals surface area contributed by atoms with Gasteiger partial charge in [0, 0.05) is 24.5 Å². The Bertz CT molecular complexity index is 574. The SMILES string of the molecule is CCCN(Cc1ccc(N)cc1)C(=O)c1cn[nH]c1C. The predicted octanol–water partition coefficient (Wildman–Crippen LogP) is 2.35. The van der Waals surface area contributed by atoms with Gasteiger partial charge in [-0.25, -0.2) is 0 Å². The van der Waals surface area contributed by atoms with Gasteiger partial charge in [-0.15, -0.1) is 0 Å². The lowest BCUT2D eigenvalue weighted by Gasteiger charge is -2.22. The van der Waals surface area contributed by atoms with Crippen molar-refractivity contribution in [3.05, 3.63) is 47.3 Å². The van der Waals surface area contributed by atoms with Crippen molar-refractivity contribution in [2.75, 3.05) is 12.3 Å². The van der Waals surface area contributed by atoms with Crippen LogP contribution in [0.5, 0.6) is 0 Å². The number of carbonyl (C=O) groups is 1. The molecule has 5 nitrogen and oxygen atoms in total. The van der Waals surface area contributed by atoms with Gasteiger partial charge in [0.1, 0.15) is 0 Å². The second kappa shape index (κ2) is 6.23. The topological polar surface area (TPSA) is 75.0 Å². The standard InChI is InChI=1S/C15H20N4O/c1-3-8-19(10-12-4-6-13(16)7-5-12)15(20)14-9-17-18-11(14)2/h4-7,9H,3,8,10,16H2,1-2H3,(H,17,18). The van der Waals surface area contributed by atoms with Gasteiger partial charge in [-0.05, 0) is 31.0 Å². The summed E-state index contributed by atoms with van der Waals surface area (Å²) in [4.78, 5) is 14.4.